The molecule has 0 atom stereocenters. The molecule has 3 aromatic carbocycles. The highest BCUT2D eigenvalue weighted by Crippen LogP contribution is 2.38. The molecule has 2 amide bonds. The van der Waals surface area contributed by atoms with E-state index in [0.29, 0.717) is 27.3 Å². The van der Waals surface area contributed by atoms with Gasteiger partial charge in [-0.25, -0.2) is 0 Å². The molecule has 1 saturated heterocycles. The SMILES string of the molecule is CCOc1cc(/C=C2\SC(=S)N(c3ccc(C)cc3C)C2=O)ccc1OCC(=O)Nc1cccc(C)c1C. The van der Waals surface area contributed by atoms with Crippen LogP contribution in [0.1, 0.15) is 34.7 Å². The number of carbonyl (C=O) groups is 2. The average Bonchev–Trinajstić information content (AvgIpc) is 3.14. The third-order valence-corrected chi connectivity index (χ3v) is 7.49. The van der Waals surface area contributed by atoms with Crippen LogP contribution in [0, 0.1) is 27.7 Å². The number of benzene rings is 3. The molecule has 1 aliphatic rings. The predicted molar refractivity (Wildman–Crippen MR) is 159 cm³/mol. The van der Waals surface area contributed by atoms with Crippen molar-refractivity contribution in [3.8, 4) is 11.5 Å². The predicted octanol–water partition coefficient (Wildman–Crippen LogP) is 6.74. The minimum absolute atomic E-state index is 0.159. The monoisotopic (exact) mass is 546 g/mol. The zero-order valence-corrected chi connectivity index (χ0v) is 23.7. The molecule has 0 saturated carbocycles. The summed E-state index contributed by atoms with van der Waals surface area (Å²) in [6.45, 7) is 10.1. The minimum atomic E-state index is -0.264. The highest BCUT2D eigenvalue weighted by Gasteiger charge is 2.34. The van der Waals surface area contributed by atoms with Gasteiger partial charge >= 0.3 is 0 Å². The Hall–Kier alpha value is -3.62. The van der Waals surface area contributed by atoms with Crippen LogP contribution in [0.5, 0.6) is 11.5 Å². The van der Waals surface area contributed by atoms with E-state index in [-0.39, 0.29) is 18.4 Å². The summed E-state index contributed by atoms with van der Waals surface area (Å²) in [7, 11) is 0. The summed E-state index contributed by atoms with van der Waals surface area (Å²) in [6, 6.07) is 17.1. The molecule has 1 aliphatic heterocycles. The summed E-state index contributed by atoms with van der Waals surface area (Å²) < 4.78 is 12.1. The van der Waals surface area contributed by atoms with Crippen molar-refractivity contribution in [1.29, 1.82) is 0 Å². The molecule has 0 spiro atoms. The lowest BCUT2D eigenvalue weighted by molar-refractivity contribution is -0.118. The Morgan fingerprint density at radius 3 is 2.53 bits per heavy atom. The second kappa shape index (κ2) is 11.8. The van der Waals surface area contributed by atoms with Gasteiger partial charge in [-0.2, -0.15) is 0 Å². The first kappa shape index (κ1) is 27.4. The van der Waals surface area contributed by atoms with Crippen molar-refractivity contribution in [3.05, 3.63) is 87.3 Å². The first-order valence-corrected chi connectivity index (χ1v) is 13.5. The van der Waals surface area contributed by atoms with Crippen LogP contribution in [0.25, 0.3) is 6.08 Å². The molecule has 1 fully saturated rings. The summed E-state index contributed by atoms with van der Waals surface area (Å²) in [5, 5.41) is 2.89. The molecular formula is C30H30N2O4S2. The maximum absolute atomic E-state index is 13.3. The quantitative estimate of drug-likeness (QED) is 0.249. The van der Waals surface area contributed by atoms with Crippen LogP contribution in [-0.4, -0.2) is 29.3 Å². The van der Waals surface area contributed by atoms with E-state index in [0.717, 1.165) is 39.2 Å². The first-order chi connectivity index (χ1) is 18.2. The molecule has 0 aliphatic carbocycles. The summed E-state index contributed by atoms with van der Waals surface area (Å²) in [6.07, 6.45) is 1.79. The molecule has 0 bridgehead atoms. The Morgan fingerprint density at radius 1 is 1.00 bits per heavy atom. The Bertz CT molecular complexity index is 1450. The van der Waals surface area contributed by atoms with Crippen LogP contribution < -0.4 is 19.7 Å². The molecule has 0 aromatic heterocycles. The smallest absolute Gasteiger partial charge is 0.270 e. The van der Waals surface area contributed by atoms with Gasteiger partial charge in [0.15, 0.2) is 22.4 Å². The fraction of sp³-hybridized carbons (Fsp3) is 0.233. The largest absolute Gasteiger partial charge is 0.490 e. The van der Waals surface area contributed by atoms with Crippen LogP contribution in [0.4, 0.5) is 11.4 Å². The van der Waals surface area contributed by atoms with Gasteiger partial charge in [-0.1, -0.05) is 59.9 Å². The summed E-state index contributed by atoms with van der Waals surface area (Å²) in [5.74, 6) is 0.516. The summed E-state index contributed by atoms with van der Waals surface area (Å²) in [5.41, 5.74) is 6.55. The van der Waals surface area contributed by atoms with Gasteiger partial charge in [0.1, 0.15) is 0 Å². The lowest BCUT2D eigenvalue weighted by atomic mass is 10.1. The number of aryl methyl sites for hydroxylation is 3. The van der Waals surface area contributed by atoms with E-state index >= 15 is 0 Å². The number of thiocarbonyl (C=S) groups is 1. The van der Waals surface area contributed by atoms with E-state index in [9.17, 15) is 9.59 Å². The van der Waals surface area contributed by atoms with Crippen molar-refractivity contribution in [1.82, 2.24) is 0 Å². The van der Waals surface area contributed by atoms with Crippen molar-refractivity contribution in [2.75, 3.05) is 23.4 Å². The van der Waals surface area contributed by atoms with Gasteiger partial charge in [0.05, 0.1) is 17.2 Å². The van der Waals surface area contributed by atoms with Crippen molar-refractivity contribution in [3.63, 3.8) is 0 Å². The number of hydrogen-bond donors (Lipinski definition) is 1. The van der Waals surface area contributed by atoms with E-state index < -0.39 is 0 Å². The zero-order valence-electron chi connectivity index (χ0n) is 22.1. The lowest BCUT2D eigenvalue weighted by Gasteiger charge is -2.17. The number of amides is 2. The van der Waals surface area contributed by atoms with E-state index in [2.05, 4.69) is 5.32 Å². The third-order valence-electron chi connectivity index (χ3n) is 6.19. The Balaban J connectivity index is 1.49. The number of rotatable bonds is 8. The fourth-order valence-electron chi connectivity index (χ4n) is 4.10. The number of thioether (sulfide) groups is 1. The molecule has 0 radical (unpaired) electrons. The number of anilines is 2. The molecule has 4 rings (SSSR count). The second-order valence-electron chi connectivity index (χ2n) is 9.03. The Kier molecular flexibility index (Phi) is 8.54. The zero-order chi connectivity index (χ0) is 27.4. The molecule has 1 heterocycles. The standard InChI is InChI=1S/C30H30N2O4S2/c1-6-35-26-15-22(11-13-25(26)36-17-28(33)31-23-9-7-8-19(3)21(23)5)16-27-29(34)32(30(37)38-27)24-12-10-18(2)14-20(24)4/h7-16H,6,17H2,1-5H3,(H,31,33)/b27-16-. The van der Waals surface area contributed by atoms with Gasteiger partial charge in [-0.15, -0.1) is 0 Å². The van der Waals surface area contributed by atoms with Gasteiger partial charge in [0, 0.05) is 5.69 Å². The van der Waals surface area contributed by atoms with Crippen molar-refractivity contribution >= 4 is 57.6 Å². The van der Waals surface area contributed by atoms with Crippen molar-refractivity contribution in [2.45, 2.75) is 34.6 Å². The number of nitrogens with zero attached hydrogens (tertiary/aromatic N) is 1. The van der Waals surface area contributed by atoms with Gasteiger partial charge in [0.2, 0.25) is 0 Å². The highest BCUT2D eigenvalue weighted by molar-refractivity contribution is 8.27. The number of nitrogens with one attached hydrogen (secondary N) is 1. The summed E-state index contributed by atoms with van der Waals surface area (Å²) >= 11 is 6.81. The average molecular weight is 547 g/mol. The normalized spacial score (nSPS) is 14.2. The molecule has 1 N–H and O–H groups in total. The van der Waals surface area contributed by atoms with Crippen LogP contribution >= 0.6 is 24.0 Å². The van der Waals surface area contributed by atoms with Crippen LogP contribution in [0.2, 0.25) is 0 Å². The topological polar surface area (TPSA) is 67.9 Å². The van der Waals surface area contributed by atoms with Crippen LogP contribution in [0.15, 0.2) is 59.5 Å². The molecule has 196 valence electrons. The number of ether oxygens (including phenoxy) is 2. The number of hydrogen-bond acceptors (Lipinski definition) is 6. The van der Waals surface area contributed by atoms with Gasteiger partial charge in [-0.3, -0.25) is 14.5 Å². The molecule has 0 unspecified atom stereocenters. The minimum Gasteiger partial charge on any atom is -0.490 e. The molecule has 6 nitrogen and oxygen atoms in total. The summed E-state index contributed by atoms with van der Waals surface area (Å²) in [4.78, 5) is 27.9. The Morgan fingerprint density at radius 2 is 1.79 bits per heavy atom. The molecule has 8 heteroatoms. The van der Waals surface area contributed by atoms with Crippen LogP contribution in [-0.2, 0) is 9.59 Å². The highest BCUT2D eigenvalue weighted by atomic mass is 32.2. The first-order valence-electron chi connectivity index (χ1n) is 12.3. The Labute approximate surface area is 233 Å². The van der Waals surface area contributed by atoms with Crippen LogP contribution in [0.3, 0.4) is 0 Å². The fourth-order valence-corrected chi connectivity index (χ4v) is 5.39. The second-order valence-corrected chi connectivity index (χ2v) is 10.7. The van der Waals surface area contributed by atoms with E-state index in [4.69, 9.17) is 21.7 Å². The van der Waals surface area contributed by atoms with Gasteiger partial charge in [0.25, 0.3) is 11.8 Å². The van der Waals surface area contributed by atoms with Crippen molar-refractivity contribution in [2.24, 2.45) is 0 Å². The maximum atomic E-state index is 13.3. The third kappa shape index (κ3) is 6.09. The van der Waals surface area contributed by atoms with Gasteiger partial charge in [-0.05, 0) is 87.2 Å². The van der Waals surface area contributed by atoms with Gasteiger partial charge < -0.3 is 14.8 Å². The lowest BCUT2D eigenvalue weighted by Crippen LogP contribution is -2.28. The molecule has 38 heavy (non-hydrogen) atoms. The maximum Gasteiger partial charge on any atom is 0.270 e. The molecular weight excluding hydrogens is 516 g/mol. The van der Waals surface area contributed by atoms with Crippen molar-refractivity contribution < 1.29 is 19.1 Å². The van der Waals surface area contributed by atoms with E-state index in [1.54, 1.807) is 23.1 Å². The number of carbonyl (C=O) groups excluding carboxylic acids is 2. The molecule has 3 aromatic rings. The van der Waals surface area contributed by atoms with E-state index in [1.807, 2.05) is 77.1 Å². The van der Waals surface area contributed by atoms with E-state index in [1.165, 1.54) is 11.8 Å².